The summed E-state index contributed by atoms with van der Waals surface area (Å²) in [6, 6.07) is 3.26. The van der Waals surface area contributed by atoms with Gasteiger partial charge in [0.25, 0.3) is 0 Å². The molecule has 2 nitrogen and oxygen atoms in total. The number of methoxy groups -OCH3 is 1. The molecule has 1 aliphatic rings. The minimum Gasteiger partial charge on any atom is -0.496 e. The van der Waals surface area contributed by atoms with Gasteiger partial charge in [0.1, 0.15) is 11.6 Å². The molecule has 15 heavy (non-hydrogen) atoms. The van der Waals surface area contributed by atoms with Gasteiger partial charge < -0.3 is 10.5 Å². The van der Waals surface area contributed by atoms with Crippen molar-refractivity contribution < 1.29 is 9.13 Å². The van der Waals surface area contributed by atoms with E-state index in [0.717, 1.165) is 24.8 Å². The van der Waals surface area contributed by atoms with Crippen molar-refractivity contribution in [3.05, 3.63) is 29.1 Å². The number of ether oxygens (including phenoxy) is 1. The molecule has 1 saturated carbocycles. The number of benzene rings is 1. The SMILES string of the molecule is COc1c(CC2(N)CC2)ccc(F)c1C. The Bertz CT molecular complexity index is 385. The zero-order chi connectivity index (χ0) is 11.1. The van der Waals surface area contributed by atoms with E-state index in [2.05, 4.69) is 0 Å². The molecule has 1 aromatic rings. The quantitative estimate of drug-likeness (QED) is 0.828. The normalized spacial score (nSPS) is 17.6. The summed E-state index contributed by atoms with van der Waals surface area (Å²) in [4.78, 5) is 0. The Morgan fingerprint density at radius 2 is 2.13 bits per heavy atom. The van der Waals surface area contributed by atoms with Crippen molar-refractivity contribution in [3.8, 4) is 5.75 Å². The van der Waals surface area contributed by atoms with Crippen molar-refractivity contribution in [1.29, 1.82) is 0 Å². The lowest BCUT2D eigenvalue weighted by Gasteiger charge is -2.15. The van der Waals surface area contributed by atoms with Gasteiger partial charge in [0.05, 0.1) is 7.11 Å². The molecule has 0 radical (unpaired) electrons. The molecule has 0 bridgehead atoms. The van der Waals surface area contributed by atoms with Crippen molar-refractivity contribution in [1.82, 2.24) is 0 Å². The highest BCUT2D eigenvalue weighted by molar-refractivity contribution is 5.43. The fraction of sp³-hybridized carbons (Fsp3) is 0.500. The van der Waals surface area contributed by atoms with Crippen LogP contribution in [0.4, 0.5) is 4.39 Å². The van der Waals surface area contributed by atoms with Crippen LogP contribution in [0.3, 0.4) is 0 Å². The van der Waals surface area contributed by atoms with Crippen LogP contribution < -0.4 is 10.5 Å². The first-order chi connectivity index (χ1) is 7.06. The fourth-order valence-corrected chi connectivity index (χ4v) is 1.86. The fourth-order valence-electron chi connectivity index (χ4n) is 1.86. The molecule has 0 spiro atoms. The number of rotatable bonds is 3. The van der Waals surface area contributed by atoms with Gasteiger partial charge in [0.2, 0.25) is 0 Å². The lowest BCUT2D eigenvalue weighted by Crippen LogP contribution is -2.24. The number of nitrogens with two attached hydrogens (primary N) is 1. The van der Waals surface area contributed by atoms with Crippen molar-refractivity contribution in [2.75, 3.05) is 7.11 Å². The van der Waals surface area contributed by atoms with Crippen LogP contribution >= 0.6 is 0 Å². The van der Waals surface area contributed by atoms with Crippen LogP contribution in [-0.4, -0.2) is 12.6 Å². The second-order valence-corrected chi connectivity index (χ2v) is 4.40. The third-order valence-corrected chi connectivity index (χ3v) is 3.06. The Balaban J connectivity index is 2.34. The van der Waals surface area contributed by atoms with Crippen LogP contribution in [0, 0.1) is 12.7 Å². The Kier molecular flexibility index (Phi) is 2.43. The standard InChI is InChI=1S/C12H16FNO/c1-8-10(13)4-3-9(11(8)15-2)7-12(14)5-6-12/h3-4H,5-7,14H2,1-2H3. The molecular formula is C12H16FNO. The average Bonchev–Trinajstić information content (AvgIpc) is 2.91. The van der Waals surface area contributed by atoms with Gasteiger partial charge in [-0.2, -0.15) is 0 Å². The topological polar surface area (TPSA) is 35.2 Å². The van der Waals surface area contributed by atoms with Crippen LogP contribution in [-0.2, 0) is 6.42 Å². The molecule has 1 fully saturated rings. The molecule has 1 aromatic carbocycles. The third-order valence-electron chi connectivity index (χ3n) is 3.06. The first-order valence-corrected chi connectivity index (χ1v) is 5.16. The summed E-state index contributed by atoms with van der Waals surface area (Å²) in [7, 11) is 1.57. The molecule has 1 aliphatic carbocycles. The smallest absolute Gasteiger partial charge is 0.129 e. The van der Waals surface area contributed by atoms with Crippen molar-refractivity contribution in [2.24, 2.45) is 5.73 Å². The van der Waals surface area contributed by atoms with E-state index in [1.165, 1.54) is 6.07 Å². The van der Waals surface area contributed by atoms with Gasteiger partial charge in [-0.05, 0) is 37.8 Å². The first-order valence-electron chi connectivity index (χ1n) is 5.16. The Morgan fingerprint density at radius 1 is 1.47 bits per heavy atom. The lowest BCUT2D eigenvalue weighted by atomic mass is 10.0. The first kappa shape index (κ1) is 10.4. The number of halogens is 1. The molecule has 82 valence electrons. The van der Waals surface area contributed by atoms with E-state index < -0.39 is 0 Å². The molecule has 0 heterocycles. The molecular weight excluding hydrogens is 193 g/mol. The van der Waals surface area contributed by atoms with Crippen LogP contribution in [0.25, 0.3) is 0 Å². The molecule has 0 saturated heterocycles. The largest absolute Gasteiger partial charge is 0.496 e. The zero-order valence-corrected chi connectivity index (χ0v) is 9.14. The monoisotopic (exact) mass is 209 g/mol. The summed E-state index contributed by atoms with van der Waals surface area (Å²) < 4.78 is 18.5. The minimum atomic E-state index is -0.225. The van der Waals surface area contributed by atoms with E-state index >= 15 is 0 Å². The van der Waals surface area contributed by atoms with Gasteiger partial charge in [-0.25, -0.2) is 4.39 Å². The van der Waals surface area contributed by atoms with E-state index in [-0.39, 0.29) is 11.4 Å². The third kappa shape index (κ3) is 1.97. The summed E-state index contributed by atoms with van der Waals surface area (Å²) in [6.45, 7) is 1.73. The second-order valence-electron chi connectivity index (χ2n) is 4.40. The van der Waals surface area contributed by atoms with Gasteiger partial charge in [-0.15, -0.1) is 0 Å². The van der Waals surface area contributed by atoms with E-state index in [4.69, 9.17) is 10.5 Å². The van der Waals surface area contributed by atoms with Gasteiger partial charge in [0.15, 0.2) is 0 Å². The summed E-state index contributed by atoms with van der Waals surface area (Å²) in [5.41, 5.74) is 7.55. The molecule has 0 aromatic heterocycles. The zero-order valence-electron chi connectivity index (χ0n) is 9.14. The molecule has 2 N–H and O–H groups in total. The lowest BCUT2D eigenvalue weighted by molar-refractivity contribution is 0.399. The van der Waals surface area contributed by atoms with Gasteiger partial charge in [-0.1, -0.05) is 6.07 Å². The second kappa shape index (κ2) is 3.49. The van der Waals surface area contributed by atoms with E-state index in [1.54, 1.807) is 20.1 Å². The highest BCUT2D eigenvalue weighted by Crippen LogP contribution is 2.38. The van der Waals surface area contributed by atoms with E-state index in [1.807, 2.05) is 0 Å². The van der Waals surface area contributed by atoms with Crippen LogP contribution in [0.1, 0.15) is 24.0 Å². The molecule has 3 heteroatoms. The van der Waals surface area contributed by atoms with Crippen LogP contribution in [0.5, 0.6) is 5.75 Å². The highest BCUT2D eigenvalue weighted by atomic mass is 19.1. The maximum atomic E-state index is 13.3. The maximum Gasteiger partial charge on any atom is 0.129 e. The summed E-state index contributed by atoms with van der Waals surface area (Å²) in [6.07, 6.45) is 2.87. The van der Waals surface area contributed by atoms with Gasteiger partial charge in [-0.3, -0.25) is 0 Å². The minimum absolute atomic E-state index is 0.0719. The Hall–Kier alpha value is -1.09. The predicted octanol–water partition coefficient (Wildman–Crippen LogP) is 2.18. The molecule has 2 rings (SSSR count). The van der Waals surface area contributed by atoms with E-state index in [9.17, 15) is 4.39 Å². The average molecular weight is 209 g/mol. The Labute approximate surface area is 89.2 Å². The summed E-state index contributed by atoms with van der Waals surface area (Å²) in [5.74, 6) is 0.421. The summed E-state index contributed by atoms with van der Waals surface area (Å²) in [5, 5.41) is 0. The van der Waals surface area contributed by atoms with Crippen molar-refractivity contribution >= 4 is 0 Å². The molecule has 0 amide bonds. The molecule has 0 atom stereocenters. The van der Waals surface area contributed by atoms with Crippen molar-refractivity contribution in [2.45, 2.75) is 31.7 Å². The molecule has 0 unspecified atom stereocenters. The predicted molar refractivity (Wildman–Crippen MR) is 57.5 cm³/mol. The highest BCUT2D eigenvalue weighted by Gasteiger charge is 2.38. The number of hydrogen-bond acceptors (Lipinski definition) is 2. The van der Waals surface area contributed by atoms with Gasteiger partial charge >= 0.3 is 0 Å². The van der Waals surface area contributed by atoms with Crippen LogP contribution in [0.15, 0.2) is 12.1 Å². The maximum absolute atomic E-state index is 13.3. The number of hydrogen-bond donors (Lipinski definition) is 1. The van der Waals surface area contributed by atoms with Crippen molar-refractivity contribution in [3.63, 3.8) is 0 Å². The Morgan fingerprint density at radius 3 is 2.67 bits per heavy atom. The van der Waals surface area contributed by atoms with Crippen LogP contribution in [0.2, 0.25) is 0 Å². The van der Waals surface area contributed by atoms with Gasteiger partial charge in [0, 0.05) is 11.1 Å². The molecule has 0 aliphatic heterocycles. The van der Waals surface area contributed by atoms with E-state index in [0.29, 0.717) is 11.3 Å². The summed E-state index contributed by atoms with van der Waals surface area (Å²) >= 11 is 0.